The van der Waals surface area contributed by atoms with Crippen molar-refractivity contribution in [3.8, 4) is 0 Å². The number of anilines is 1. The number of fused-ring (bicyclic) bond motifs is 1. The summed E-state index contributed by atoms with van der Waals surface area (Å²) in [5.74, 6) is -3.06. The third-order valence-corrected chi connectivity index (χ3v) is 2.22. The van der Waals surface area contributed by atoms with Gasteiger partial charge in [-0.05, 0) is 18.6 Å². The third kappa shape index (κ3) is 2.68. The number of pyridine rings is 1. The summed E-state index contributed by atoms with van der Waals surface area (Å²) in [4.78, 5) is 4.02. The lowest BCUT2D eigenvalue weighted by atomic mass is 10.3. The van der Waals surface area contributed by atoms with Crippen molar-refractivity contribution < 1.29 is 13.9 Å². The number of hydrogen-bond acceptors (Lipinski definition) is 4. The quantitative estimate of drug-likeness (QED) is 0.842. The molecule has 2 aromatic rings. The molecule has 7 heteroatoms. The Morgan fingerprint density at radius 2 is 2.24 bits per heavy atom. The third-order valence-electron chi connectivity index (χ3n) is 2.22. The summed E-state index contributed by atoms with van der Waals surface area (Å²) in [7, 11) is 0. The zero-order valence-corrected chi connectivity index (χ0v) is 9.19. The van der Waals surface area contributed by atoms with Gasteiger partial charge in [-0.2, -0.15) is 4.98 Å². The Hall–Kier alpha value is -1.76. The lowest BCUT2D eigenvalue weighted by molar-refractivity contribution is -0.0374. The number of rotatable bonds is 4. The molecular weight excluding hydrogens is 230 g/mol. The Balaban J connectivity index is 2.15. The second kappa shape index (κ2) is 4.25. The fourth-order valence-electron chi connectivity index (χ4n) is 1.33. The highest BCUT2D eigenvalue weighted by molar-refractivity contribution is 5.44. The first-order chi connectivity index (χ1) is 8.00. The number of hydrogen-bond donors (Lipinski definition) is 2. The number of nitrogens with one attached hydrogen (secondary N) is 1. The molecule has 2 aromatic heterocycles. The van der Waals surface area contributed by atoms with Gasteiger partial charge in [0.25, 0.3) is 5.92 Å². The molecule has 5 nitrogen and oxygen atoms in total. The Kier molecular flexibility index (Phi) is 2.93. The predicted molar refractivity (Wildman–Crippen MR) is 58.2 cm³/mol. The molecular formula is C10H12F2N4O. The Morgan fingerprint density at radius 3 is 2.94 bits per heavy atom. The van der Waals surface area contributed by atoms with Crippen LogP contribution < -0.4 is 5.32 Å². The molecule has 0 radical (unpaired) electrons. The maximum absolute atomic E-state index is 12.8. The highest BCUT2D eigenvalue weighted by atomic mass is 19.3. The van der Waals surface area contributed by atoms with E-state index in [-0.39, 0.29) is 5.95 Å². The van der Waals surface area contributed by atoms with Gasteiger partial charge in [-0.1, -0.05) is 6.07 Å². The van der Waals surface area contributed by atoms with Crippen LogP contribution in [0.25, 0.3) is 5.65 Å². The van der Waals surface area contributed by atoms with Crippen molar-refractivity contribution in [3.05, 3.63) is 23.9 Å². The first-order valence-electron chi connectivity index (χ1n) is 5.06. The van der Waals surface area contributed by atoms with Crippen LogP contribution in [0.2, 0.25) is 0 Å². The highest BCUT2D eigenvalue weighted by Crippen LogP contribution is 2.13. The molecule has 0 fully saturated rings. The molecule has 17 heavy (non-hydrogen) atoms. The van der Waals surface area contributed by atoms with Crippen molar-refractivity contribution in [2.75, 3.05) is 18.5 Å². The maximum Gasteiger partial charge on any atom is 0.287 e. The average molecular weight is 242 g/mol. The van der Waals surface area contributed by atoms with Gasteiger partial charge in [-0.15, -0.1) is 5.10 Å². The van der Waals surface area contributed by atoms with Crippen molar-refractivity contribution in [2.45, 2.75) is 12.8 Å². The van der Waals surface area contributed by atoms with Crippen molar-refractivity contribution in [3.63, 3.8) is 0 Å². The van der Waals surface area contributed by atoms with Gasteiger partial charge in [0, 0.05) is 6.20 Å². The highest BCUT2D eigenvalue weighted by Gasteiger charge is 2.27. The zero-order valence-electron chi connectivity index (χ0n) is 9.19. The lowest BCUT2D eigenvalue weighted by Gasteiger charge is -2.12. The summed E-state index contributed by atoms with van der Waals surface area (Å²) < 4.78 is 27.1. The van der Waals surface area contributed by atoms with Crippen molar-refractivity contribution in [1.29, 1.82) is 0 Å². The van der Waals surface area contributed by atoms with Crippen molar-refractivity contribution in [1.82, 2.24) is 14.6 Å². The summed E-state index contributed by atoms with van der Waals surface area (Å²) >= 11 is 0. The molecule has 0 amide bonds. The Bertz CT molecular complexity index is 526. The summed E-state index contributed by atoms with van der Waals surface area (Å²) in [5.41, 5.74) is 1.57. The summed E-state index contributed by atoms with van der Waals surface area (Å²) in [6.07, 6.45) is 1.75. The molecule has 2 rings (SSSR count). The molecule has 0 atom stereocenters. The molecule has 0 saturated heterocycles. The van der Waals surface area contributed by atoms with Crippen LogP contribution in [0.1, 0.15) is 5.56 Å². The van der Waals surface area contributed by atoms with E-state index in [0.29, 0.717) is 5.65 Å². The number of nitrogens with zero attached hydrogens (tertiary/aromatic N) is 3. The van der Waals surface area contributed by atoms with Gasteiger partial charge in [-0.3, -0.25) is 0 Å². The van der Waals surface area contributed by atoms with Crippen LogP contribution in [0, 0.1) is 6.92 Å². The number of aliphatic hydroxyl groups excluding tert-OH is 1. The van der Waals surface area contributed by atoms with Crippen LogP contribution in [-0.2, 0) is 0 Å². The van der Waals surface area contributed by atoms with Gasteiger partial charge in [0.2, 0.25) is 5.95 Å². The molecule has 0 bridgehead atoms. The topological polar surface area (TPSA) is 62.5 Å². The number of alkyl halides is 2. The molecule has 0 aromatic carbocycles. The zero-order chi connectivity index (χ0) is 12.5. The molecule has 0 aliphatic carbocycles. The van der Waals surface area contributed by atoms with Crippen molar-refractivity contribution >= 4 is 11.6 Å². The minimum atomic E-state index is -3.17. The van der Waals surface area contributed by atoms with E-state index in [2.05, 4.69) is 15.4 Å². The predicted octanol–water partition coefficient (Wildman–Crippen LogP) is 1.08. The summed E-state index contributed by atoms with van der Waals surface area (Å²) in [6.45, 7) is -0.0000227. The van der Waals surface area contributed by atoms with Gasteiger partial charge in [0.05, 0.1) is 6.54 Å². The van der Waals surface area contributed by atoms with Crippen LogP contribution in [0.15, 0.2) is 18.3 Å². The smallest absolute Gasteiger partial charge is 0.287 e. The van der Waals surface area contributed by atoms with E-state index >= 15 is 0 Å². The number of aliphatic hydroxyl groups is 1. The second-order valence-corrected chi connectivity index (χ2v) is 3.81. The van der Waals surface area contributed by atoms with E-state index in [1.54, 1.807) is 12.3 Å². The number of aryl methyl sites for hydroxylation is 1. The molecule has 0 saturated carbocycles. The molecule has 0 unspecified atom stereocenters. The van der Waals surface area contributed by atoms with Crippen LogP contribution in [0.4, 0.5) is 14.7 Å². The SMILES string of the molecule is Cc1ccc2nc(NCC(F)(F)CO)nn2c1. The largest absolute Gasteiger partial charge is 0.390 e. The van der Waals surface area contributed by atoms with E-state index in [0.717, 1.165) is 5.56 Å². The number of aromatic nitrogens is 3. The van der Waals surface area contributed by atoms with E-state index in [9.17, 15) is 8.78 Å². The van der Waals surface area contributed by atoms with Gasteiger partial charge in [0.1, 0.15) is 6.61 Å². The van der Waals surface area contributed by atoms with Crippen LogP contribution >= 0.6 is 0 Å². The fourth-order valence-corrected chi connectivity index (χ4v) is 1.33. The van der Waals surface area contributed by atoms with E-state index in [1.807, 2.05) is 13.0 Å². The first-order valence-corrected chi connectivity index (χ1v) is 5.06. The first kappa shape index (κ1) is 11.7. The average Bonchev–Trinajstić information content (AvgIpc) is 2.68. The minimum absolute atomic E-state index is 0.115. The van der Waals surface area contributed by atoms with Gasteiger partial charge < -0.3 is 10.4 Å². The van der Waals surface area contributed by atoms with Crippen LogP contribution in [0.3, 0.4) is 0 Å². The normalized spacial score (nSPS) is 12.0. The van der Waals surface area contributed by atoms with E-state index in [4.69, 9.17) is 5.11 Å². The number of halogens is 2. The molecule has 0 aliphatic rings. The van der Waals surface area contributed by atoms with Gasteiger partial charge >= 0.3 is 0 Å². The van der Waals surface area contributed by atoms with E-state index in [1.165, 1.54) is 4.52 Å². The standard InChI is InChI=1S/C10H12F2N4O/c1-7-2-3-8-14-9(15-16(8)4-7)13-5-10(11,12)6-17/h2-4,17H,5-6H2,1H3,(H,13,15). The Morgan fingerprint density at radius 1 is 1.47 bits per heavy atom. The molecule has 92 valence electrons. The molecule has 0 aliphatic heterocycles. The van der Waals surface area contributed by atoms with Crippen molar-refractivity contribution in [2.24, 2.45) is 0 Å². The van der Waals surface area contributed by atoms with Crippen LogP contribution in [-0.4, -0.2) is 38.8 Å². The summed E-state index contributed by atoms with van der Waals surface area (Å²) in [5, 5.41) is 14.8. The monoisotopic (exact) mass is 242 g/mol. The molecule has 2 N–H and O–H groups in total. The van der Waals surface area contributed by atoms with E-state index < -0.39 is 19.1 Å². The van der Waals surface area contributed by atoms with Crippen LogP contribution in [0.5, 0.6) is 0 Å². The van der Waals surface area contributed by atoms with Gasteiger partial charge in [0.15, 0.2) is 5.65 Å². The maximum atomic E-state index is 12.8. The second-order valence-electron chi connectivity index (χ2n) is 3.81. The van der Waals surface area contributed by atoms with Gasteiger partial charge in [-0.25, -0.2) is 13.3 Å². The fraction of sp³-hybridized carbons (Fsp3) is 0.400. The Labute approximate surface area is 96.1 Å². The lowest BCUT2D eigenvalue weighted by Crippen LogP contribution is -2.31. The molecule has 2 heterocycles. The molecule has 0 spiro atoms. The minimum Gasteiger partial charge on any atom is -0.390 e. The summed E-state index contributed by atoms with van der Waals surface area (Å²) in [6, 6.07) is 3.60.